The minimum Gasteiger partial charge on any atom is -0.508 e. The summed E-state index contributed by atoms with van der Waals surface area (Å²) in [5, 5.41) is 13.2. The van der Waals surface area contributed by atoms with Gasteiger partial charge in [-0.1, -0.05) is 0 Å². The SMILES string of the molecule is CCOC(=O)c1ccc2ncc(C(=O)OCC)c(Nc3ccc(O)cc3)c2c1. The van der Waals surface area contributed by atoms with E-state index in [1.54, 1.807) is 44.2 Å². The summed E-state index contributed by atoms with van der Waals surface area (Å²) in [6.45, 7) is 3.93. The summed E-state index contributed by atoms with van der Waals surface area (Å²) < 4.78 is 10.2. The highest BCUT2D eigenvalue weighted by molar-refractivity contribution is 6.07. The van der Waals surface area contributed by atoms with Crippen LogP contribution in [0, 0.1) is 0 Å². The molecule has 0 unspecified atom stereocenters. The topological polar surface area (TPSA) is 97.8 Å². The van der Waals surface area contributed by atoms with Gasteiger partial charge in [0.25, 0.3) is 0 Å². The molecular formula is C21H20N2O5. The van der Waals surface area contributed by atoms with Crippen LogP contribution < -0.4 is 5.32 Å². The van der Waals surface area contributed by atoms with Crippen LogP contribution >= 0.6 is 0 Å². The van der Waals surface area contributed by atoms with E-state index in [0.717, 1.165) is 0 Å². The van der Waals surface area contributed by atoms with Crippen molar-refractivity contribution in [2.24, 2.45) is 0 Å². The van der Waals surface area contributed by atoms with Crippen LogP contribution in [-0.4, -0.2) is 35.2 Å². The Hall–Kier alpha value is -3.61. The van der Waals surface area contributed by atoms with Crippen molar-refractivity contribution in [2.75, 3.05) is 18.5 Å². The standard InChI is InChI=1S/C21H20N2O5/c1-3-27-20(25)13-5-10-18-16(11-13)19(17(12-22-18)21(26)28-4-2)23-14-6-8-15(24)9-7-14/h5-12,24H,3-4H2,1-2H3,(H,22,23). The molecule has 0 saturated carbocycles. The molecule has 3 rings (SSSR count). The predicted molar refractivity (Wildman–Crippen MR) is 105 cm³/mol. The average molecular weight is 380 g/mol. The number of aromatic nitrogens is 1. The molecule has 1 heterocycles. The normalized spacial score (nSPS) is 10.5. The number of carbonyl (C=O) groups excluding carboxylic acids is 2. The number of esters is 2. The van der Waals surface area contributed by atoms with Crippen molar-refractivity contribution in [2.45, 2.75) is 13.8 Å². The summed E-state index contributed by atoms with van der Waals surface area (Å²) in [4.78, 5) is 28.9. The van der Waals surface area contributed by atoms with Gasteiger partial charge in [0.05, 0.1) is 30.0 Å². The Morgan fingerprint density at radius 2 is 1.68 bits per heavy atom. The number of benzene rings is 2. The van der Waals surface area contributed by atoms with Crippen molar-refractivity contribution in [3.05, 3.63) is 59.8 Å². The first-order valence-electron chi connectivity index (χ1n) is 8.86. The maximum Gasteiger partial charge on any atom is 0.341 e. The first-order valence-corrected chi connectivity index (χ1v) is 8.86. The summed E-state index contributed by atoms with van der Waals surface area (Å²) in [7, 11) is 0. The van der Waals surface area contributed by atoms with Crippen molar-refractivity contribution >= 4 is 34.2 Å². The highest BCUT2D eigenvalue weighted by Gasteiger charge is 2.18. The van der Waals surface area contributed by atoms with E-state index in [1.807, 2.05) is 0 Å². The fraction of sp³-hybridized carbons (Fsp3) is 0.190. The zero-order valence-electron chi connectivity index (χ0n) is 15.6. The molecule has 1 aromatic heterocycles. The summed E-state index contributed by atoms with van der Waals surface area (Å²) in [6.07, 6.45) is 1.44. The van der Waals surface area contributed by atoms with Crippen LogP contribution in [-0.2, 0) is 9.47 Å². The van der Waals surface area contributed by atoms with E-state index in [-0.39, 0.29) is 24.5 Å². The highest BCUT2D eigenvalue weighted by Crippen LogP contribution is 2.31. The number of fused-ring (bicyclic) bond motifs is 1. The van der Waals surface area contributed by atoms with E-state index in [0.29, 0.717) is 27.8 Å². The van der Waals surface area contributed by atoms with Gasteiger partial charge >= 0.3 is 11.9 Å². The Balaban J connectivity index is 2.16. The molecule has 0 bridgehead atoms. The molecule has 3 aromatic rings. The highest BCUT2D eigenvalue weighted by atomic mass is 16.5. The Morgan fingerprint density at radius 1 is 1.00 bits per heavy atom. The number of carbonyl (C=O) groups is 2. The molecule has 0 radical (unpaired) electrons. The smallest absolute Gasteiger partial charge is 0.341 e. The van der Waals surface area contributed by atoms with Crippen LogP contribution in [0.3, 0.4) is 0 Å². The Labute approximate surface area is 161 Å². The van der Waals surface area contributed by atoms with E-state index < -0.39 is 11.9 Å². The van der Waals surface area contributed by atoms with E-state index >= 15 is 0 Å². The molecule has 0 aliphatic carbocycles. The van der Waals surface area contributed by atoms with E-state index in [9.17, 15) is 14.7 Å². The molecule has 2 aromatic carbocycles. The summed E-state index contributed by atoms with van der Waals surface area (Å²) >= 11 is 0. The van der Waals surface area contributed by atoms with Crippen LogP contribution in [0.15, 0.2) is 48.7 Å². The molecule has 0 aliphatic heterocycles. The largest absolute Gasteiger partial charge is 0.508 e. The number of phenolic OH excluding ortho intramolecular Hbond substituents is 1. The third-order valence-electron chi connectivity index (χ3n) is 4.01. The second-order valence-corrected chi connectivity index (χ2v) is 5.89. The van der Waals surface area contributed by atoms with Crippen LogP contribution in [0.4, 0.5) is 11.4 Å². The Morgan fingerprint density at radius 3 is 2.36 bits per heavy atom. The van der Waals surface area contributed by atoms with Gasteiger partial charge in [0.2, 0.25) is 0 Å². The number of ether oxygens (including phenoxy) is 2. The van der Waals surface area contributed by atoms with Crippen LogP contribution in [0.2, 0.25) is 0 Å². The van der Waals surface area contributed by atoms with E-state index in [4.69, 9.17) is 9.47 Å². The number of aromatic hydroxyl groups is 1. The number of pyridine rings is 1. The van der Waals surface area contributed by atoms with E-state index in [2.05, 4.69) is 10.3 Å². The number of hydrogen-bond donors (Lipinski definition) is 2. The van der Waals surface area contributed by atoms with Crippen molar-refractivity contribution in [3.8, 4) is 5.75 Å². The lowest BCUT2D eigenvalue weighted by Gasteiger charge is -2.15. The number of nitrogens with one attached hydrogen (secondary N) is 1. The van der Waals surface area contributed by atoms with Gasteiger partial charge in [0, 0.05) is 17.3 Å². The molecular weight excluding hydrogens is 360 g/mol. The molecule has 7 heteroatoms. The van der Waals surface area contributed by atoms with Gasteiger partial charge < -0.3 is 19.9 Å². The minimum absolute atomic E-state index is 0.125. The van der Waals surface area contributed by atoms with Crippen LogP contribution in [0.1, 0.15) is 34.6 Å². The molecule has 0 aliphatic rings. The van der Waals surface area contributed by atoms with Crippen molar-refractivity contribution < 1.29 is 24.2 Å². The molecule has 0 spiro atoms. The van der Waals surface area contributed by atoms with Crippen molar-refractivity contribution in [1.29, 1.82) is 0 Å². The first kappa shape index (κ1) is 19.2. The monoisotopic (exact) mass is 380 g/mol. The van der Waals surface area contributed by atoms with Gasteiger partial charge in [-0.15, -0.1) is 0 Å². The zero-order valence-corrected chi connectivity index (χ0v) is 15.6. The second kappa shape index (κ2) is 8.39. The van der Waals surface area contributed by atoms with Crippen LogP contribution in [0.25, 0.3) is 10.9 Å². The minimum atomic E-state index is -0.528. The van der Waals surface area contributed by atoms with Crippen molar-refractivity contribution in [3.63, 3.8) is 0 Å². The molecule has 0 atom stereocenters. The number of rotatable bonds is 6. The van der Waals surface area contributed by atoms with Gasteiger partial charge in [-0.2, -0.15) is 0 Å². The number of hydrogen-bond acceptors (Lipinski definition) is 7. The third kappa shape index (κ3) is 4.03. The van der Waals surface area contributed by atoms with Gasteiger partial charge in [0.15, 0.2) is 0 Å². The van der Waals surface area contributed by atoms with Gasteiger partial charge in [0.1, 0.15) is 11.3 Å². The predicted octanol–water partition coefficient (Wildman–Crippen LogP) is 4.04. The number of phenols is 1. The Bertz CT molecular complexity index is 1010. The lowest BCUT2D eigenvalue weighted by atomic mass is 10.1. The fourth-order valence-electron chi connectivity index (χ4n) is 2.72. The Kier molecular flexibility index (Phi) is 5.74. The van der Waals surface area contributed by atoms with Gasteiger partial charge in [-0.25, -0.2) is 9.59 Å². The molecule has 7 nitrogen and oxygen atoms in total. The summed E-state index contributed by atoms with van der Waals surface area (Å²) in [5.41, 5.74) is 2.30. The number of anilines is 2. The molecule has 144 valence electrons. The molecule has 0 amide bonds. The maximum atomic E-state index is 12.4. The fourth-order valence-corrected chi connectivity index (χ4v) is 2.72. The first-order chi connectivity index (χ1) is 13.5. The maximum absolute atomic E-state index is 12.4. The summed E-state index contributed by atoms with van der Waals surface area (Å²) in [6, 6.07) is 11.4. The average Bonchev–Trinajstić information content (AvgIpc) is 2.70. The number of nitrogens with zero attached hydrogens (tertiary/aromatic N) is 1. The van der Waals surface area contributed by atoms with Gasteiger partial charge in [-0.05, 0) is 56.3 Å². The lowest BCUT2D eigenvalue weighted by molar-refractivity contribution is 0.0518. The van der Waals surface area contributed by atoms with Gasteiger partial charge in [-0.3, -0.25) is 4.98 Å². The molecule has 0 fully saturated rings. The molecule has 0 saturated heterocycles. The van der Waals surface area contributed by atoms with Crippen LogP contribution in [0.5, 0.6) is 5.75 Å². The third-order valence-corrected chi connectivity index (χ3v) is 4.01. The molecule has 2 N–H and O–H groups in total. The summed E-state index contributed by atoms with van der Waals surface area (Å²) in [5.74, 6) is -0.860. The lowest BCUT2D eigenvalue weighted by Crippen LogP contribution is -2.10. The quantitative estimate of drug-likeness (QED) is 0.492. The van der Waals surface area contributed by atoms with Crippen molar-refractivity contribution in [1.82, 2.24) is 4.98 Å². The molecule has 28 heavy (non-hydrogen) atoms. The zero-order chi connectivity index (χ0) is 20.1. The second-order valence-electron chi connectivity index (χ2n) is 5.89. The van der Waals surface area contributed by atoms with E-state index in [1.165, 1.54) is 18.3 Å².